The Morgan fingerprint density at radius 3 is 2.85 bits per heavy atom. The fourth-order valence-corrected chi connectivity index (χ4v) is 1.24. The quantitative estimate of drug-likeness (QED) is 0.764. The molecule has 13 heavy (non-hydrogen) atoms. The number of nitrogens with two attached hydrogens (primary N) is 1. The van der Waals surface area contributed by atoms with Crippen molar-refractivity contribution in [3.63, 3.8) is 0 Å². The molecule has 0 aromatic heterocycles. The molecule has 0 saturated heterocycles. The normalized spacial score (nSPS) is 12.6. The van der Waals surface area contributed by atoms with Crippen molar-refractivity contribution >= 4 is 11.6 Å². The van der Waals surface area contributed by atoms with Gasteiger partial charge in [-0.3, -0.25) is 0 Å². The molecule has 1 unspecified atom stereocenters. The molecule has 0 bridgehead atoms. The second-order valence-corrected chi connectivity index (χ2v) is 2.96. The highest BCUT2D eigenvalue weighted by Gasteiger charge is 2.11. The SMILES string of the molecule is COc1ccc(F)cc1C(N)CCl. The van der Waals surface area contributed by atoms with E-state index in [0.29, 0.717) is 11.3 Å². The molecule has 0 aliphatic rings. The second kappa shape index (κ2) is 4.44. The summed E-state index contributed by atoms with van der Waals surface area (Å²) in [4.78, 5) is 0. The van der Waals surface area contributed by atoms with Gasteiger partial charge in [-0.05, 0) is 18.2 Å². The van der Waals surface area contributed by atoms with Crippen LogP contribution in [0.3, 0.4) is 0 Å². The van der Waals surface area contributed by atoms with Gasteiger partial charge in [0.25, 0.3) is 0 Å². The van der Waals surface area contributed by atoms with Gasteiger partial charge in [-0.25, -0.2) is 4.39 Å². The zero-order valence-corrected chi connectivity index (χ0v) is 8.01. The first-order chi connectivity index (χ1) is 6.19. The van der Waals surface area contributed by atoms with Crippen LogP contribution in [0.15, 0.2) is 18.2 Å². The van der Waals surface area contributed by atoms with E-state index in [0.717, 1.165) is 0 Å². The fraction of sp³-hybridized carbons (Fsp3) is 0.333. The number of ether oxygens (including phenoxy) is 1. The molecule has 4 heteroatoms. The van der Waals surface area contributed by atoms with Crippen LogP contribution < -0.4 is 10.5 Å². The third-order valence-electron chi connectivity index (χ3n) is 1.76. The third kappa shape index (κ3) is 2.32. The maximum atomic E-state index is 12.8. The monoisotopic (exact) mass is 203 g/mol. The van der Waals surface area contributed by atoms with Gasteiger partial charge in [0.1, 0.15) is 11.6 Å². The Morgan fingerprint density at radius 2 is 2.31 bits per heavy atom. The lowest BCUT2D eigenvalue weighted by atomic mass is 10.1. The molecule has 1 rings (SSSR count). The summed E-state index contributed by atoms with van der Waals surface area (Å²) in [5.74, 6) is 0.464. The van der Waals surface area contributed by atoms with Crippen molar-refractivity contribution in [1.82, 2.24) is 0 Å². The molecule has 0 saturated carbocycles. The highest BCUT2D eigenvalue weighted by Crippen LogP contribution is 2.25. The van der Waals surface area contributed by atoms with Gasteiger partial charge in [-0.1, -0.05) is 0 Å². The van der Waals surface area contributed by atoms with Crippen LogP contribution in [0.4, 0.5) is 4.39 Å². The van der Waals surface area contributed by atoms with Gasteiger partial charge in [0.05, 0.1) is 7.11 Å². The standard InChI is InChI=1S/C9H11ClFNO/c1-13-9-3-2-6(11)4-7(9)8(12)5-10/h2-4,8H,5,12H2,1H3. The second-order valence-electron chi connectivity index (χ2n) is 2.65. The summed E-state index contributed by atoms with van der Waals surface area (Å²) in [5.41, 5.74) is 6.26. The molecular formula is C9H11ClFNO. The smallest absolute Gasteiger partial charge is 0.123 e. The highest BCUT2D eigenvalue weighted by molar-refractivity contribution is 6.18. The van der Waals surface area contributed by atoms with Crippen LogP contribution in [0.5, 0.6) is 5.75 Å². The largest absolute Gasteiger partial charge is 0.496 e. The number of hydrogen-bond acceptors (Lipinski definition) is 2. The molecule has 0 fully saturated rings. The highest BCUT2D eigenvalue weighted by atomic mass is 35.5. The van der Waals surface area contributed by atoms with E-state index in [9.17, 15) is 4.39 Å². The predicted octanol–water partition coefficient (Wildman–Crippen LogP) is 2.07. The average Bonchev–Trinajstić information content (AvgIpc) is 2.16. The summed E-state index contributed by atoms with van der Waals surface area (Å²) in [5, 5.41) is 0. The Morgan fingerprint density at radius 1 is 1.62 bits per heavy atom. The molecule has 1 atom stereocenters. The maximum absolute atomic E-state index is 12.8. The van der Waals surface area contributed by atoms with Crippen LogP contribution in [0.25, 0.3) is 0 Å². The lowest BCUT2D eigenvalue weighted by Gasteiger charge is -2.12. The molecule has 0 aliphatic carbocycles. The van der Waals surface area contributed by atoms with Gasteiger partial charge in [0.15, 0.2) is 0 Å². The van der Waals surface area contributed by atoms with Crippen molar-refractivity contribution in [2.45, 2.75) is 6.04 Å². The van der Waals surface area contributed by atoms with Crippen LogP contribution in [0.2, 0.25) is 0 Å². The van der Waals surface area contributed by atoms with Crippen LogP contribution in [0, 0.1) is 5.82 Å². The number of halogens is 2. The van der Waals surface area contributed by atoms with E-state index in [4.69, 9.17) is 22.1 Å². The van der Waals surface area contributed by atoms with Crippen LogP contribution in [0.1, 0.15) is 11.6 Å². The Labute approximate surface area is 81.4 Å². The van der Waals surface area contributed by atoms with Crippen molar-refractivity contribution in [3.05, 3.63) is 29.6 Å². The first-order valence-corrected chi connectivity index (χ1v) is 4.37. The minimum Gasteiger partial charge on any atom is -0.496 e. The maximum Gasteiger partial charge on any atom is 0.123 e. The average molecular weight is 204 g/mol. The zero-order chi connectivity index (χ0) is 9.84. The van der Waals surface area contributed by atoms with Crippen LogP contribution in [-0.2, 0) is 0 Å². The Bertz CT molecular complexity index is 293. The third-order valence-corrected chi connectivity index (χ3v) is 2.09. The van der Waals surface area contributed by atoms with E-state index in [1.165, 1.54) is 25.3 Å². The number of methoxy groups -OCH3 is 1. The summed E-state index contributed by atoms with van der Waals surface area (Å²) < 4.78 is 17.8. The molecule has 0 spiro atoms. The van der Waals surface area contributed by atoms with Gasteiger partial charge in [-0.2, -0.15) is 0 Å². The lowest BCUT2D eigenvalue weighted by Crippen LogP contribution is -2.13. The number of hydrogen-bond donors (Lipinski definition) is 1. The van der Waals surface area contributed by atoms with Gasteiger partial charge >= 0.3 is 0 Å². The van der Waals surface area contributed by atoms with E-state index in [1.807, 2.05) is 0 Å². The van der Waals surface area contributed by atoms with E-state index in [1.54, 1.807) is 0 Å². The topological polar surface area (TPSA) is 35.2 Å². The minimum atomic E-state index is -0.396. The number of alkyl halides is 1. The van der Waals surface area contributed by atoms with Crippen LogP contribution in [-0.4, -0.2) is 13.0 Å². The molecule has 1 aromatic carbocycles. The molecule has 0 aliphatic heterocycles. The minimum absolute atomic E-state index is 0.236. The number of benzene rings is 1. The van der Waals surface area contributed by atoms with E-state index >= 15 is 0 Å². The molecule has 1 aromatic rings. The summed E-state index contributed by atoms with van der Waals surface area (Å²) in [6.45, 7) is 0. The van der Waals surface area contributed by atoms with Gasteiger partial charge < -0.3 is 10.5 Å². The lowest BCUT2D eigenvalue weighted by molar-refractivity contribution is 0.405. The van der Waals surface area contributed by atoms with Crippen molar-refractivity contribution in [2.75, 3.05) is 13.0 Å². The molecule has 0 radical (unpaired) electrons. The molecule has 2 nitrogen and oxygen atoms in total. The van der Waals surface area contributed by atoms with E-state index in [-0.39, 0.29) is 11.7 Å². The van der Waals surface area contributed by atoms with E-state index < -0.39 is 6.04 Å². The zero-order valence-electron chi connectivity index (χ0n) is 7.26. The van der Waals surface area contributed by atoms with Crippen molar-refractivity contribution in [1.29, 1.82) is 0 Å². The molecule has 72 valence electrons. The van der Waals surface area contributed by atoms with Gasteiger partial charge in [-0.15, -0.1) is 11.6 Å². The Balaban J connectivity index is 3.07. The first-order valence-electron chi connectivity index (χ1n) is 3.84. The predicted molar refractivity (Wildman–Crippen MR) is 50.6 cm³/mol. The summed E-state index contributed by atoms with van der Waals surface area (Å²) in [6, 6.07) is 3.80. The molecule has 0 amide bonds. The Kier molecular flexibility index (Phi) is 3.51. The fourth-order valence-electron chi connectivity index (χ4n) is 1.08. The Hall–Kier alpha value is -0.800. The van der Waals surface area contributed by atoms with Crippen molar-refractivity contribution in [2.24, 2.45) is 5.73 Å². The van der Waals surface area contributed by atoms with Crippen molar-refractivity contribution < 1.29 is 9.13 Å². The molecule has 2 N–H and O–H groups in total. The van der Waals surface area contributed by atoms with Crippen molar-refractivity contribution in [3.8, 4) is 5.75 Å². The van der Waals surface area contributed by atoms with Crippen LogP contribution >= 0.6 is 11.6 Å². The van der Waals surface area contributed by atoms with Gasteiger partial charge in [0.2, 0.25) is 0 Å². The molecular weight excluding hydrogens is 193 g/mol. The number of rotatable bonds is 3. The first kappa shape index (κ1) is 10.3. The van der Waals surface area contributed by atoms with E-state index in [2.05, 4.69) is 0 Å². The summed E-state index contributed by atoms with van der Waals surface area (Å²) in [6.07, 6.45) is 0. The van der Waals surface area contributed by atoms with Gasteiger partial charge in [0, 0.05) is 17.5 Å². The summed E-state index contributed by atoms with van der Waals surface area (Å²) in [7, 11) is 1.51. The summed E-state index contributed by atoms with van der Waals surface area (Å²) >= 11 is 5.56. The molecule has 0 heterocycles.